The van der Waals surface area contributed by atoms with Gasteiger partial charge in [0.1, 0.15) is 11.4 Å². The van der Waals surface area contributed by atoms with E-state index in [1.165, 1.54) is 21.8 Å². The number of pyridine rings is 2. The van der Waals surface area contributed by atoms with E-state index in [1.54, 1.807) is 12.4 Å². The first-order valence-corrected chi connectivity index (χ1v) is 14.1. The molecule has 0 aliphatic heterocycles. The standard InChI is InChI=1S/C37H24N6/c1-3-13-33-29(9-1)30-10-2-4-14-34(30)43(33)28-21-19-26(20-22-28)25-15-17-27(18-16-25)35-40-36(31-11-5-7-23-38-31)42-37(41-35)32-12-6-8-24-39-32/h1-24H. The molecule has 6 nitrogen and oxygen atoms in total. The molecule has 0 saturated heterocycles. The number of para-hydroxylation sites is 2. The second kappa shape index (κ2) is 10.4. The Bertz CT molecular complexity index is 2090. The van der Waals surface area contributed by atoms with E-state index in [1.807, 2.05) is 36.4 Å². The minimum atomic E-state index is 0.510. The molecule has 0 amide bonds. The Morgan fingerprint density at radius 1 is 0.372 bits per heavy atom. The maximum Gasteiger partial charge on any atom is 0.182 e. The number of benzene rings is 4. The van der Waals surface area contributed by atoms with Crippen molar-refractivity contribution in [1.29, 1.82) is 0 Å². The molecule has 4 aromatic heterocycles. The van der Waals surface area contributed by atoms with Crippen molar-refractivity contribution in [2.45, 2.75) is 0 Å². The zero-order chi connectivity index (χ0) is 28.6. The molecule has 0 spiro atoms. The highest BCUT2D eigenvalue weighted by Gasteiger charge is 2.14. The Hall–Kier alpha value is -6.01. The molecule has 0 N–H and O–H groups in total. The van der Waals surface area contributed by atoms with E-state index < -0.39 is 0 Å². The lowest BCUT2D eigenvalue weighted by molar-refractivity contribution is 1.05. The van der Waals surface area contributed by atoms with Gasteiger partial charge in [0.2, 0.25) is 0 Å². The highest BCUT2D eigenvalue weighted by molar-refractivity contribution is 6.09. The van der Waals surface area contributed by atoms with Crippen LogP contribution in [0.4, 0.5) is 0 Å². The van der Waals surface area contributed by atoms with E-state index in [2.05, 4.69) is 117 Å². The molecule has 202 valence electrons. The number of hydrogen-bond acceptors (Lipinski definition) is 5. The minimum Gasteiger partial charge on any atom is -0.309 e. The van der Waals surface area contributed by atoms with Gasteiger partial charge in [-0.2, -0.15) is 0 Å². The third kappa shape index (κ3) is 4.51. The van der Waals surface area contributed by atoms with Gasteiger partial charge in [-0.05, 0) is 59.7 Å². The molecule has 8 rings (SSSR count). The summed E-state index contributed by atoms with van der Waals surface area (Å²) in [6.07, 6.45) is 3.47. The van der Waals surface area contributed by atoms with Gasteiger partial charge in [0.15, 0.2) is 17.5 Å². The minimum absolute atomic E-state index is 0.510. The summed E-state index contributed by atoms with van der Waals surface area (Å²) in [6.45, 7) is 0. The van der Waals surface area contributed by atoms with E-state index in [4.69, 9.17) is 9.97 Å². The summed E-state index contributed by atoms with van der Waals surface area (Å²) in [7, 11) is 0. The second-order valence-electron chi connectivity index (χ2n) is 10.2. The van der Waals surface area contributed by atoms with Gasteiger partial charge < -0.3 is 4.57 Å². The van der Waals surface area contributed by atoms with Gasteiger partial charge in [-0.1, -0.05) is 84.9 Å². The highest BCUT2D eigenvalue weighted by atomic mass is 15.1. The van der Waals surface area contributed by atoms with Crippen molar-refractivity contribution in [3.8, 4) is 51.2 Å². The molecular formula is C37H24N6. The average molecular weight is 553 g/mol. The van der Waals surface area contributed by atoms with Crippen LogP contribution in [-0.4, -0.2) is 29.5 Å². The fourth-order valence-electron chi connectivity index (χ4n) is 5.54. The van der Waals surface area contributed by atoms with E-state index in [0.29, 0.717) is 28.9 Å². The highest BCUT2D eigenvalue weighted by Crippen LogP contribution is 2.33. The molecule has 0 aliphatic carbocycles. The van der Waals surface area contributed by atoms with Crippen LogP contribution in [0.3, 0.4) is 0 Å². The Balaban J connectivity index is 1.15. The Morgan fingerprint density at radius 2 is 0.814 bits per heavy atom. The normalized spacial score (nSPS) is 11.3. The summed E-state index contributed by atoms with van der Waals surface area (Å²) >= 11 is 0. The average Bonchev–Trinajstić information content (AvgIpc) is 3.43. The van der Waals surface area contributed by atoms with Crippen LogP contribution in [-0.2, 0) is 0 Å². The van der Waals surface area contributed by atoms with Crippen LogP contribution >= 0.6 is 0 Å². The molecule has 4 heterocycles. The summed E-state index contributed by atoms with van der Waals surface area (Å²) in [4.78, 5) is 23.1. The summed E-state index contributed by atoms with van der Waals surface area (Å²) in [5.74, 6) is 1.59. The second-order valence-corrected chi connectivity index (χ2v) is 10.2. The van der Waals surface area contributed by atoms with Crippen LogP contribution in [0.25, 0.3) is 73.0 Å². The molecular weight excluding hydrogens is 528 g/mol. The van der Waals surface area contributed by atoms with Crippen LogP contribution in [0.2, 0.25) is 0 Å². The quantitative estimate of drug-likeness (QED) is 0.214. The number of hydrogen-bond donors (Lipinski definition) is 0. The first kappa shape index (κ1) is 24.8. The predicted molar refractivity (Wildman–Crippen MR) is 171 cm³/mol. The Kier molecular flexibility index (Phi) is 6.01. The van der Waals surface area contributed by atoms with Crippen molar-refractivity contribution in [2.75, 3.05) is 0 Å². The number of rotatable bonds is 5. The van der Waals surface area contributed by atoms with Crippen LogP contribution in [0.15, 0.2) is 146 Å². The third-order valence-electron chi connectivity index (χ3n) is 7.61. The molecule has 4 aromatic carbocycles. The van der Waals surface area contributed by atoms with Crippen molar-refractivity contribution in [3.63, 3.8) is 0 Å². The van der Waals surface area contributed by atoms with Gasteiger partial charge >= 0.3 is 0 Å². The van der Waals surface area contributed by atoms with E-state index in [-0.39, 0.29) is 0 Å². The summed E-state index contributed by atoms with van der Waals surface area (Å²) in [5, 5.41) is 2.52. The summed E-state index contributed by atoms with van der Waals surface area (Å²) < 4.78 is 2.33. The van der Waals surface area contributed by atoms with Crippen molar-refractivity contribution in [2.24, 2.45) is 0 Å². The molecule has 0 saturated carbocycles. The molecule has 0 fully saturated rings. The molecule has 8 aromatic rings. The summed E-state index contributed by atoms with van der Waals surface area (Å²) in [5.41, 5.74) is 8.04. The van der Waals surface area contributed by atoms with E-state index in [9.17, 15) is 0 Å². The van der Waals surface area contributed by atoms with Gasteiger partial charge in [-0.3, -0.25) is 9.97 Å². The number of nitrogens with zero attached hydrogens (tertiary/aromatic N) is 6. The SMILES string of the molecule is c1ccc(-c2nc(-c3ccc(-c4ccc(-n5c6ccccc6c6ccccc65)cc4)cc3)nc(-c3ccccn3)n2)nc1. The van der Waals surface area contributed by atoms with Gasteiger partial charge in [-0.25, -0.2) is 15.0 Å². The lowest BCUT2D eigenvalue weighted by Gasteiger charge is -2.10. The Labute approximate surface area is 248 Å². The molecule has 6 heteroatoms. The summed E-state index contributed by atoms with van der Waals surface area (Å²) in [6, 6.07) is 45.6. The number of fused-ring (bicyclic) bond motifs is 3. The predicted octanol–water partition coefficient (Wildman–Crippen LogP) is 8.43. The van der Waals surface area contributed by atoms with Gasteiger partial charge in [0, 0.05) is 34.4 Å². The fourth-order valence-corrected chi connectivity index (χ4v) is 5.54. The van der Waals surface area contributed by atoms with E-state index in [0.717, 1.165) is 22.4 Å². The van der Waals surface area contributed by atoms with E-state index >= 15 is 0 Å². The maximum absolute atomic E-state index is 4.78. The zero-order valence-corrected chi connectivity index (χ0v) is 23.0. The number of aromatic nitrogens is 6. The monoisotopic (exact) mass is 552 g/mol. The van der Waals surface area contributed by atoms with Crippen molar-refractivity contribution >= 4 is 21.8 Å². The topological polar surface area (TPSA) is 69.4 Å². The van der Waals surface area contributed by atoms with Crippen molar-refractivity contribution in [1.82, 2.24) is 29.5 Å². The molecule has 0 aliphatic rings. The lowest BCUT2D eigenvalue weighted by Crippen LogP contribution is -2.01. The van der Waals surface area contributed by atoms with Crippen LogP contribution in [0, 0.1) is 0 Å². The molecule has 0 bridgehead atoms. The molecule has 0 radical (unpaired) electrons. The van der Waals surface area contributed by atoms with Gasteiger partial charge in [0.25, 0.3) is 0 Å². The van der Waals surface area contributed by atoms with Crippen LogP contribution < -0.4 is 0 Å². The molecule has 43 heavy (non-hydrogen) atoms. The smallest absolute Gasteiger partial charge is 0.182 e. The van der Waals surface area contributed by atoms with Gasteiger partial charge in [-0.15, -0.1) is 0 Å². The van der Waals surface area contributed by atoms with Crippen molar-refractivity contribution in [3.05, 3.63) is 146 Å². The third-order valence-corrected chi connectivity index (χ3v) is 7.61. The largest absolute Gasteiger partial charge is 0.309 e. The lowest BCUT2D eigenvalue weighted by atomic mass is 10.0. The first-order valence-electron chi connectivity index (χ1n) is 14.1. The van der Waals surface area contributed by atoms with Gasteiger partial charge in [0.05, 0.1) is 11.0 Å². The maximum atomic E-state index is 4.78. The Morgan fingerprint density at radius 3 is 1.33 bits per heavy atom. The zero-order valence-electron chi connectivity index (χ0n) is 23.0. The van der Waals surface area contributed by atoms with Crippen LogP contribution in [0.1, 0.15) is 0 Å². The first-order chi connectivity index (χ1) is 21.3. The molecule has 0 unspecified atom stereocenters. The fraction of sp³-hybridized carbons (Fsp3) is 0. The molecule has 0 atom stereocenters. The van der Waals surface area contributed by atoms with Crippen molar-refractivity contribution < 1.29 is 0 Å². The van der Waals surface area contributed by atoms with Crippen LogP contribution in [0.5, 0.6) is 0 Å².